The number of aryl methyl sites for hydroxylation is 1. The Hall–Kier alpha value is -1.61. The molecule has 1 amide bonds. The molecule has 0 spiro atoms. The van der Waals surface area contributed by atoms with Crippen LogP contribution >= 0.6 is 11.3 Å². The van der Waals surface area contributed by atoms with E-state index < -0.39 is 0 Å². The molecule has 1 aromatic heterocycles. The molecule has 0 saturated heterocycles. The lowest BCUT2D eigenvalue weighted by molar-refractivity contribution is 0.0743. The van der Waals surface area contributed by atoms with Gasteiger partial charge in [0.2, 0.25) is 0 Å². The standard InChI is InChI=1S/C17H21NOS/c1-3-10-18(12-15-9-11-20-13-15)17(19)16-7-5-14(4-2)6-8-16/h5-9,11,13H,3-4,10,12H2,1-2H3. The quantitative estimate of drug-likeness (QED) is 0.773. The zero-order chi connectivity index (χ0) is 14.4. The van der Waals surface area contributed by atoms with Gasteiger partial charge in [0.1, 0.15) is 0 Å². The third-order valence-corrected chi connectivity index (χ3v) is 4.08. The predicted molar refractivity (Wildman–Crippen MR) is 85.2 cm³/mol. The van der Waals surface area contributed by atoms with Crippen LogP contribution in [-0.2, 0) is 13.0 Å². The number of hydrogen-bond donors (Lipinski definition) is 0. The van der Waals surface area contributed by atoms with Crippen LogP contribution in [0.4, 0.5) is 0 Å². The van der Waals surface area contributed by atoms with Crippen molar-refractivity contribution in [2.45, 2.75) is 33.2 Å². The molecule has 0 saturated carbocycles. The summed E-state index contributed by atoms with van der Waals surface area (Å²) in [6.07, 6.45) is 1.98. The van der Waals surface area contributed by atoms with Crippen molar-refractivity contribution in [2.75, 3.05) is 6.54 Å². The lowest BCUT2D eigenvalue weighted by Crippen LogP contribution is -2.31. The third-order valence-electron chi connectivity index (χ3n) is 3.34. The van der Waals surface area contributed by atoms with E-state index in [0.29, 0.717) is 6.54 Å². The van der Waals surface area contributed by atoms with Crippen LogP contribution in [0.2, 0.25) is 0 Å². The second kappa shape index (κ2) is 7.25. The van der Waals surface area contributed by atoms with Gasteiger partial charge in [-0.15, -0.1) is 0 Å². The van der Waals surface area contributed by atoms with Gasteiger partial charge < -0.3 is 4.90 Å². The summed E-state index contributed by atoms with van der Waals surface area (Å²) in [4.78, 5) is 14.5. The highest BCUT2D eigenvalue weighted by atomic mass is 32.1. The summed E-state index contributed by atoms with van der Waals surface area (Å²) in [5.74, 6) is 0.126. The fourth-order valence-electron chi connectivity index (χ4n) is 2.19. The molecule has 0 aliphatic carbocycles. The summed E-state index contributed by atoms with van der Waals surface area (Å²) in [5, 5.41) is 4.16. The van der Waals surface area contributed by atoms with Gasteiger partial charge in [-0.1, -0.05) is 26.0 Å². The summed E-state index contributed by atoms with van der Waals surface area (Å²) in [5.41, 5.74) is 3.26. The predicted octanol–water partition coefficient (Wildman–Crippen LogP) is 4.36. The van der Waals surface area contributed by atoms with Crippen molar-refractivity contribution in [3.8, 4) is 0 Å². The van der Waals surface area contributed by atoms with Crippen LogP contribution in [0, 0.1) is 0 Å². The van der Waals surface area contributed by atoms with E-state index in [1.165, 1.54) is 11.1 Å². The molecule has 3 heteroatoms. The number of amides is 1. The van der Waals surface area contributed by atoms with E-state index in [1.54, 1.807) is 11.3 Å². The molecule has 1 heterocycles. The summed E-state index contributed by atoms with van der Waals surface area (Å²) < 4.78 is 0. The van der Waals surface area contributed by atoms with Crippen LogP contribution in [-0.4, -0.2) is 17.4 Å². The highest BCUT2D eigenvalue weighted by Crippen LogP contribution is 2.14. The normalized spacial score (nSPS) is 10.5. The highest BCUT2D eigenvalue weighted by molar-refractivity contribution is 7.07. The first-order chi connectivity index (χ1) is 9.74. The van der Waals surface area contributed by atoms with Crippen LogP contribution in [0.25, 0.3) is 0 Å². The average Bonchev–Trinajstić information content (AvgIpc) is 2.99. The summed E-state index contributed by atoms with van der Waals surface area (Å²) in [6, 6.07) is 10.1. The van der Waals surface area contributed by atoms with Gasteiger partial charge in [-0.25, -0.2) is 0 Å². The molecule has 0 bridgehead atoms. The Morgan fingerprint density at radius 1 is 1.10 bits per heavy atom. The smallest absolute Gasteiger partial charge is 0.254 e. The van der Waals surface area contributed by atoms with Crippen molar-refractivity contribution in [1.29, 1.82) is 0 Å². The molecule has 2 nitrogen and oxygen atoms in total. The maximum atomic E-state index is 12.6. The summed E-state index contributed by atoms with van der Waals surface area (Å²) >= 11 is 1.67. The zero-order valence-corrected chi connectivity index (χ0v) is 13.0. The van der Waals surface area contributed by atoms with Crippen molar-refractivity contribution >= 4 is 17.2 Å². The minimum absolute atomic E-state index is 0.126. The van der Waals surface area contributed by atoms with Crippen LogP contribution in [0.5, 0.6) is 0 Å². The molecule has 0 atom stereocenters. The highest BCUT2D eigenvalue weighted by Gasteiger charge is 2.15. The zero-order valence-electron chi connectivity index (χ0n) is 12.1. The average molecular weight is 287 g/mol. The second-order valence-corrected chi connectivity index (χ2v) is 5.69. The van der Waals surface area contributed by atoms with Gasteiger partial charge in [0.15, 0.2) is 0 Å². The number of carbonyl (C=O) groups is 1. The number of nitrogens with zero attached hydrogens (tertiary/aromatic N) is 1. The van der Waals surface area contributed by atoms with Crippen LogP contribution < -0.4 is 0 Å². The van der Waals surface area contributed by atoms with Gasteiger partial charge in [-0.05, 0) is 52.9 Å². The van der Waals surface area contributed by atoms with Crippen molar-refractivity contribution < 1.29 is 4.79 Å². The van der Waals surface area contributed by atoms with Crippen molar-refractivity contribution in [3.05, 3.63) is 57.8 Å². The van der Waals surface area contributed by atoms with E-state index in [9.17, 15) is 4.79 Å². The number of hydrogen-bond acceptors (Lipinski definition) is 2. The summed E-state index contributed by atoms with van der Waals surface area (Å²) in [6.45, 7) is 5.72. The van der Waals surface area contributed by atoms with Crippen LogP contribution in [0.1, 0.15) is 41.8 Å². The maximum absolute atomic E-state index is 12.6. The van der Waals surface area contributed by atoms with Gasteiger partial charge >= 0.3 is 0 Å². The van der Waals surface area contributed by atoms with Crippen LogP contribution in [0.15, 0.2) is 41.1 Å². The number of thiophene rings is 1. The Balaban J connectivity index is 2.12. The summed E-state index contributed by atoms with van der Waals surface area (Å²) in [7, 11) is 0. The SMILES string of the molecule is CCCN(Cc1ccsc1)C(=O)c1ccc(CC)cc1. The Bertz CT molecular complexity index is 531. The molecule has 0 aliphatic rings. The molecule has 0 fully saturated rings. The number of carbonyl (C=O) groups excluding carboxylic acids is 1. The Labute approximate surface area is 125 Å². The molecule has 2 aromatic rings. The first kappa shape index (κ1) is 14.8. The van der Waals surface area contributed by atoms with Gasteiger partial charge in [0.25, 0.3) is 5.91 Å². The largest absolute Gasteiger partial charge is 0.334 e. The molecular formula is C17H21NOS. The topological polar surface area (TPSA) is 20.3 Å². The molecule has 0 radical (unpaired) electrons. The Morgan fingerprint density at radius 3 is 2.40 bits per heavy atom. The fourth-order valence-corrected chi connectivity index (χ4v) is 2.85. The van der Waals surface area contributed by atoms with Gasteiger partial charge in [0, 0.05) is 18.7 Å². The van der Waals surface area contributed by atoms with E-state index in [-0.39, 0.29) is 5.91 Å². The van der Waals surface area contributed by atoms with Gasteiger partial charge in [-0.3, -0.25) is 4.79 Å². The molecule has 106 valence electrons. The Morgan fingerprint density at radius 2 is 1.85 bits per heavy atom. The molecule has 2 rings (SSSR count). The molecule has 1 aromatic carbocycles. The van der Waals surface area contributed by atoms with Gasteiger partial charge in [-0.2, -0.15) is 11.3 Å². The van der Waals surface area contributed by atoms with Crippen molar-refractivity contribution in [1.82, 2.24) is 4.90 Å². The molecule has 20 heavy (non-hydrogen) atoms. The van der Waals surface area contributed by atoms with E-state index in [4.69, 9.17) is 0 Å². The fraction of sp³-hybridized carbons (Fsp3) is 0.353. The number of rotatable bonds is 6. The maximum Gasteiger partial charge on any atom is 0.254 e. The molecule has 0 unspecified atom stereocenters. The third kappa shape index (κ3) is 3.70. The van der Waals surface area contributed by atoms with Crippen molar-refractivity contribution in [2.24, 2.45) is 0 Å². The Kier molecular flexibility index (Phi) is 5.36. The minimum atomic E-state index is 0.126. The lowest BCUT2D eigenvalue weighted by atomic mass is 10.1. The molecule has 0 aliphatic heterocycles. The van der Waals surface area contributed by atoms with Crippen molar-refractivity contribution in [3.63, 3.8) is 0 Å². The first-order valence-corrected chi connectivity index (χ1v) is 8.08. The van der Waals surface area contributed by atoms with E-state index in [2.05, 4.69) is 30.7 Å². The van der Waals surface area contributed by atoms with E-state index >= 15 is 0 Å². The van der Waals surface area contributed by atoms with E-state index in [1.807, 2.05) is 29.2 Å². The molecule has 0 N–H and O–H groups in total. The number of benzene rings is 1. The van der Waals surface area contributed by atoms with Gasteiger partial charge in [0.05, 0.1) is 0 Å². The minimum Gasteiger partial charge on any atom is -0.334 e. The van der Waals surface area contributed by atoms with Crippen LogP contribution in [0.3, 0.4) is 0 Å². The van der Waals surface area contributed by atoms with E-state index in [0.717, 1.165) is 24.9 Å². The first-order valence-electron chi connectivity index (χ1n) is 7.13. The monoisotopic (exact) mass is 287 g/mol. The lowest BCUT2D eigenvalue weighted by Gasteiger charge is -2.22. The molecular weight excluding hydrogens is 266 g/mol. The second-order valence-electron chi connectivity index (χ2n) is 4.91.